The second kappa shape index (κ2) is 15.3. The fraction of sp³-hybridized carbons (Fsp3) is 0.419. The topological polar surface area (TPSA) is 142 Å². The fourth-order valence-corrected chi connectivity index (χ4v) is 5.65. The zero-order valence-corrected chi connectivity index (χ0v) is 25.2. The molecule has 3 N–H and O–H groups in total. The molecule has 0 unspecified atom stereocenters. The van der Waals surface area contributed by atoms with E-state index in [0.29, 0.717) is 24.0 Å². The van der Waals surface area contributed by atoms with Gasteiger partial charge in [0.1, 0.15) is 12.1 Å². The number of fused-ring (bicyclic) bond motifs is 1. The first kappa shape index (κ1) is 32.5. The fourth-order valence-electron chi connectivity index (χ4n) is 4.79. The Morgan fingerprint density at radius 1 is 0.810 bits per heavy atom. The van der Waals surface area contributed by atoms with Gasteiger partial charge in [0.25, 0.3) is 11.8 Å². The van der Waals surface area contributed by atoms with Gasteiger partial charge in [0, 0.05) is 26.9 Å². The van der Waals surface area contributed by atoms with Gasteiger partial charge in [-0.1, -0.05) is 68.1 Å². The summed E-state index contributed by atoms with van der Waals surface area (Å²) in [5, 5.41) is 7.04. The van der Waals surface area contributed by atoms with E-state index in [1.807, 2.05) is 44.2 Å². The minimum atomic E-state index is -0.938. The lowest BCUT2D eigenvalue weighted by atomic mass is 10.0. The number of nitrogens with zero attached hydrogens (tertiary/aromatic N) is 1. The monoisotopic (exact) mass is 594 g/mol. The lowest BCUT2D eigenvalue weighted by Crippen LogP contribution is -2.55. The van der Waals surface area contributed by atoms with E-state index >= 15 is 0 Å². The lowest BCUT2D eigenvalue weighted by Gasteiger charge is -2.25. The highest BCUT2D eigenvalue weighted by molar-refractivity contribution is 8.14. The van der Waals surface area contributed by atoms with E-state index in [1.54, 1.807) is 24.3 Å². The normalized spacial score (nSPS) is 14.6. The maximum Gasteiger partial charge on any atom is 0.261 e. The Bertz CT molecular complexity index is 1280. The number of carbonyl (C=O) groups excluding carboxylic acids is 6. The Labute approximate surface area is 250 Å². The van der Waals surface area contributed by atoms with Crippen molar-refractivity contribution in [3.63, 3.8) is 0 Å². The lowest BCUT2D eigenvalue weighted by molar-refractivity contribution is -0.132. The van der Waals surface area contributed by atoms with Crippen LogP contribution in [0.3, 0.4) is 0 Å². The summed E-state index contributed by atoms with van der Waals surface area (Å²) in [6, 6.07) is 14.1. The van der Waals surface area contributed by atoms with E-state index in [0.717, 1.165) is 22.2 Å². The van der Waals surface area contributed by atoms with Crippen LogP contribution in [0.25, 0.3) is 0 Å². The Balaban J connectivity index is 1.67. The van der Waals surface area contributed by atoms with Gasteiger partial charge < -0.3 is 16.0 Å². The van der Waals surface area contributed by atoms with Crippen LogP contribution in [-0.4, -0.2) is 70.5 Å². The summed E-state index contributed by atoms with van der Waals surface area (Å²) in [4.78, 5) is 77.9. The number of amides is 5. The molecule has 0 spiro atoms. The molecule has 3 rings (SSSR count). The summed E-state index contributed by atoms with van der Waals surface area (Å²) >= 11 is 0.841. The number of nitrogens with one attached hydrogen (secondary N) is 3. The molecule has 0 aliphatic carbocycles. The molecule has 0 radical (unpaired) electrons. The predicted octanol–water partition coefficient (Wildman–Crippen LogP) is 2.72. The second-order valence-electron chi connectivity index (χ2n) is 10.6. The number of imide groups is 1. The van der Waals surface area contributed by atoms with Crippen molar-refractivity contribution in [2.75, 3.05) is 13.6 Å². The Morgan fingerprint density at radius 2 is 1.38 bits per heavy atom. The van der Waals surface area contributed by atoms with Crippen LogP contribution < -0.4 is 16.0 Å². The molecule has 5 amide bonds. The van der Waals surface area contributed by atoms with Crippen molar-refractivity contribution in [1.29, 1.82) is 0 Å². The van der Waals surface area contributed by atoms with E-state index in [9.17, 15) is 28.8 Å². The summed E-state index contributed by atoms with van der Waals surface area (Å²) in [5.74, 6) is -2.09. The van der Waals surface area contributed by atoms with Crippen molar-refractivity contribution in [2.24, 2.45) is 5.92 Å². The van der Waals surface area contributed by atoms with E-state index in [-0.39, 0.29) is 48.1 Å². The zero-order valence-electron chi connectivity index (χ0n) is 24.3. The molecule has 10 nitrogen and oxygen atoms in total. The predicted molar refractivity (Wildman–Crippen MR) is 161 cm³/mol. The molecular weight excluding hydrogens is 556 g/mol. The SMILES string of the molecule is CNC(=O)[C@H](Cc1ccccc1)NC(=O)[C@H](CC(C)C)NC(=O)[C@@H](CCCN1C(=O)c2ccccc2C1=O)SC(C)=O. The van der Waals surface area contributed by atoms with Crippen LogP contribution in [0.5, 0.6) is 0 Å². The molecule has 3 atom stereocenters. The average Bonchev–Trinajstić information content (AvgIpc) is 3.20. The molecule has 2 aromatic rings. The highest BCUT2D eigenvalue weighted by Crippen LogP contribution is 2.24. The number of hydrogen-bond donors (Lipinski definition) is 3. The van der Waals surface area contributed by atoms with Crippen LogP contribution in [0.15, 0.2) is 54.6 Å². The highest BCUT2D eigenvalue weighted by Gasteiger charge is 2.35. The molecule has 0 bridgehead atoms. The molecule has 1 heterocycles. The van der Waals surface area contributed by atoms with Crippen LogP contribution in [0.4, 0.5) is 0 Å². The van der Waals surface area contributed by atoms with Gasteiger partial charge in [-0.25, -0.2) is 0 Å². The van der Waals surface area contributed by atoms with Crippen molar-refractivity contribution >= 4 is 46.4 Å². The van der Waals surface area contributed by atoms with Gasteiger partial charge in [-0.3, -0.25) is 33.7 Å². The summed E-state index contributed by atoms with van der Waals surface area (Å²) in [7, 11) is 1.49. The summed E-state index contributed by atoms with van der Waals surface area (Å²) in [6.07, 6.45) is 1.08. The van der Waals surface area contributed by atoms with Gasteiger partial charge >= 0.3 is 0 Å². The van der Waals surface area contributed by atoms with Crippen LogP contribution >= 0.6 is 11.8 Å². The van der Waals surface area contributed by atoms with Gasteiger partial charge in [-0.15, -0.1) is 0 Å². The number of thioether (sulfide) groups is 1. The minimum Gasteiger partial charge on any atom is -0.357 e. The molecule has 2 aromatic carbocycles. The molecule has 42 heavy (non-hydrogen) atoms. The Hall–Kier alpha value is -3.99. The average molecular weight is 595 g/mol. The maximum absolute atomic E-state index is 13.4. The largest absolute Gasteiger partial charge is 0.357 e. The molecule has 1 aliphatic heterocycles. The van der Waals surface area contributed by atoms with Crippen LogP contribution in [0.1, 0.15) is 66.3 Å². The van der Waals surface area contributed by atoms with E-state index in [4.69, 9.17) is 0 Å². The third-order valence-corrected chi connectivity index (χ3v) is 7.90. The highest BCUT2D eigenvalue weighted by atomic mass is 32.2. The third kappa shape index (κ3) is 8.75. The smallest absolute Gasteiger partial charge is 0.261 e. The van der Waals surface area contributed by atoms with Crippen LogP contribution in [-0.2, 0) is 25.6 Å². The molecule has 224 valence electrons. The standard InChI is InChI=1S/C31H38N4O6S/c1-19(2)17-24(28(38)33-25(27(37)32-4)18-21-11-6-5-7-12-21)34-29(39)26(42-20(3)36)15-10-16-35-30(40)22-13-8-9-14-23(22)31(35)41/h5-9,11-14,19,24-26H,10,15-18H2,1-4H3,(H,32,37)(H,33,38)(H,34,39)/t24-,25-,26+/m0/s1. The molecule has 0 saturated carbocycles. The Kier molecular flexibility index (Phi) is 11.8. The Morgan fingerprint density at radius 3 is 1.93 bits per heavy atom. The van der Waals surface area contributed by atoms with E-state index < -0.39 is 29.1 Å². The first-order valence-electron chi connectivity index (χ1n) is 14.0. The van der Waals surface area contributed by atoms with Gasteiger partial charge in [0.2, 0.25) is 17.7 Å². The van der Waals surface area contributed by atoms with E-state index in [1.165, 1.54) is 14.0 Å². The number of benzene rings is 2. The zero-order chi connectivity index (χ0) is 30.8. The molecular formula is C31H38N4O6S. The summed E-state index contributed by atoms with van der Waals surface area (Å²) in [5.41, 5.74) is 1.56. The number of hydrogen-bond acceptors (Lipinski definition) is 7. The van der Waals surface area contributed by atoms with Crippen LogP contribution in [0, 0.1) is 5.92 Å². The van der Waals surface area contributed by atoms with Gasteiger partial charge in [0.05, 0.1) is 16.4 Å². The van der Waals surface area contributed by atoms with Gasteiger partial charge in [-0.05, 0) is 42.9 Å². The quantitative estimate of drug-likeness (QED) is 0.286. The van der Waals surface area contributed by atoms with Crippen molar-refractivity contribution in [1.82, 2.24) is 20.9 Å². The maximum atomic E-state index is 13.4. The third-order valence-electron chi connectivity index (χ3n) is 6.83. The van der Waals surface area contributed by atoms with Gasteiger partial charge in [-0.2, -0.15) is 0 Å². The first-order valence-corrected chi connectivity index (χ1v) is 14.9. The summed E-state index contributed by atoms with van der Waals surface area (Å²) in [6.45, 7) is 5.27. The van der Waals surface area contributed by atoms with Crippen molar-refractivity contribution in [3.8, 4) is 0 Å². The molecule has 11 heteroatoms. The first-order chi connectivity index (χ1) is 20.0. The van der Waals surface area contributed by atoms with Crippen molar-refractivity contribution in [3.05, 3.63) is 71.3 Å². The second-order valence-corrected chi connectivity index (χ2v) is 12.0. The van der Waals surface area contributed by atoms with Gasteiger partial charge in [0.15, 0.2) is 5.12 Å². The summed E-state index contributed by atoms with van der Waals surface area (Å²) < 4.78 is 0. The number of likely N-dealkylation sites (N-methyl/N-ethyl adjacent to an activating group) is 1. The van der Waals surface area contributed by atoms with Crippen molar-refractivity contribution in [2.45, 2.75) is 63.8 Å². The molecule has 0 fully saturated rings. The molecule has 0 aromatic heterocycles. The van der Waals surface area contributed by atoms with Crippen molar-refractivity contribution < 1.29 is 28.8 Å². The molecule has 0 saturated heterocycles. The minimum absolute atomic E-state index is 0.0429. The number of carbonyl (C=O) groups is 6. The number of rotatable bonds is 14. The van der Waals surface area contributed by atoms with E-state index in [2.05, 4.69) is 16.0 Å². The molecule has 1 aliphatic rings. The van der Waals surface area contributed by atoms with Crippen LogP contribution in [0.2, 0.25) is 0 Å².